The molecule has 112 valence electrons. The summed E-state index contributed by atoms with van der Waals surface area (Å²) in [4.78, 5) is 8.23. The number of hydrogen-bond acceptors (Lipinski definition) is 5. The fraction of sp³-hybridized carbons (Fsp3) is 0.438. The molecule has 0 radical (unpaired) electrons. The molecular formula is C16H21N3OS. The fourth-order valence-electron chi connectivity index (χ4n) is 2.73. The number of aryl methyl sites for hydroxylation is 2. The number of aromatic nitrogens is 1. The summed E-state index contributed by atoms with van der Waals surface area (Å²) in [5, 5.41) is 0.647. The maximum Gasteiger partial charge on any atom is 0.180 e. The molecule has 1 aliphatic heterocycles. The first kappa shape index (κ1) is 14.5. The SMILES string of the molecule is Cc1ccc(-c2nc(N)sc2CN2CCOCC2)c(C)c1. The zero-order chi connectivity index (χ0) is 14.8. The van der Waals surface area contributed by atoms with Crippen molar-refractivity contribution in [3.8, 4) is 11.3 Å². The lowest BCUT2D eigenvalue weighted by molar-refractivity contribution is 0.0347. The second-order valence-corrected chi connectivity index (χ2v) is 6.65. The molecule has 0 amide bonds. The predicted octanol–water partition coefficient (Wildman–Crippen LogP) is 2.84. The third-order valence-corrected chi connectivity index (χ3v) is 4.69. The van der Waals surface area contributed by atoms with Crippen molar-refractivity contribution in [2.24, 2.45) is 0 Å². The topological polar surface area (TPSA) is 51.4 Å². The normalized spacial score (nSPS) is 16.3. The summed E-state index contributed by atoms with van der Waals surface area (Å²) < 4.78 is 5.41. The van der Waals surface area contributed by atoms with E-state index >= 15 is 0 Å². The van der Waals surface area contributed by atoms with Crippen LogP contribution in [0, 0.1) is 13.8 Å². The van der Waals surface area contributed by atoms with Gasteiger partial charge in [-0.15, -0.1) is 11.3 Å². The highest BCUT2D eigenvalue weighted by atomic mass is 32.1. The third-order valence-electron chi connectivity index (χ3n) is 3.82. The van der Waals surface area contributed by atoms with Gasteiger partial charge in [0.25, 0.3) is 0 Å². The molecule has 1 fully saturated rings. The van der Waals surface area contributed by atoms with E-state index in [1.165, 1.54) is 21.6 Å². The molecule has 4 nitrogen and oxygen atoms in total. The van der Waals surface area contributed by atoms with Crippen LogP contribution in [0.3, 0.4) is 0 Å². The molecule has 0 bridgehead atoms. The molecule has 21 heavy (non-hydrogen) atoms. The Morgan fingerprint density at radius 3 is 2.76 bits per heavy atom. The Labute approximate surface area is 129 Å². The predicted molar refractivity (Wildman–Crippen MR) is 87.5 cm³/mol. The van der Waals surface area contributed by atoms with Gasteiger partial charge in [-0.3, -0.25) is 4.90 Å². The Bertz CT molecular complexity index is 632. The molecule has 3 rings (SSSR count). The van der Waals surface area contributed by atoms with Gasteiger partial charge < -0.3 is 10.5 Å². The number of nitrogens with zero attached hydrogens (tertiary/aromatic N) is 2. The van der Waals surface area contributed by atoms with Crippen molar-refractivity contribution >= 4 is 16.5 Å². The fourth-order valence-corrected chi connectivity index (χ4v) is 3.62. The molecule has 0 spiro atoms. The van der Waals surface area contributed by atoms with Crippen LogP contribution in [0.1, 0.15) is 16.0 Å². The highest BCUT2D eigenvalue weighted by Gasteiger charge is 2.18. The average molecular weight is 303 g/mol. The first-order valence-electron chi connectivity index (χ1n) is 7.26. The van der Waals surface area contributed by atoms with E-state index in [2.05, 4.69) is 41.9 Å². The summed E-state index contributed by atoms with van der Waals surface area (Å²) in [6.45, 7) is 8.73. The first-order valence-corrected chi connectivity index (χ1v) is 8.08. The van der Waals surface area contributed by atoms with Crippen LogP contribution in [0.4, 0.5) is 5.13 Å². The van der Waals surface area contributed by atoms with Crippen molar-refractivity contribution in [1.29, 1.82) is 0 Å². The van der Waals surface area contributed by atoms with Crippen molar-refractivity contribution in [3.05, 3.63) is 34.2 Å². The van der Waals surface area contributed by atoms with E-state index < -0.39 is 0 Å². The molecule has 1 aromatic heterocycles. The lowest BCUT2D eigenvalue weighted by Crippen LogP contribution is -2.35. The van der Waals surface area contributed by atoms with Crippen LogP contribution >= 0.6 is 11.3 Å². The lowest BCUT2D eigenvalue weighted by atomic mass is 10.0. The summed E-state index contributed by atoms with van der Waals surface area (Å²) in [5.74, 6) is 0. The Kier molecular flexibility index (Phi) is 4.24. The van der Waals surface area contributed by atoms with Gasteiger partial charge in [0, 0.05) is 30.1 Å². The lowest BCUT2D eigenvalue weighted by Gasteiger charge is -2.26. The van der Waals surface area contributed by atoms with Gasteiger partial charge in [-0.25, -0.2) is 4.98 Å². The third kappa shape index (κ3) is 3.26. The van der Waals surface area contributed by atoms with Crippen molar-refractivity contribution in [1.82, 2.24) is 9.88 Å². The van der Waals surface area contributed by atoms with Gasteiger partial charge in [-0.05, 0) is 19.4 Å². The van der Waals surface area contributed by atoms with Gasteiger partial charge in [0.2, 0.25) is 0 Å². The van der Waals surface area contributed by atoms with Crippen LogP contribution in [-0.4, -0.2) is 36.2 Å². The van der Waals surface area contributed by atoms with Gasteiger partial charge in [-0.1, -0.05) is 23.8 Å². The average Bonchev–Trinajstić information content (AvgIpc) is 2.80. The molecule has 0 saturated carbocycles. The highest BCUT2D eigenvalue weighted by Crippen LogP contribution is 2.33. The minimum Gasteiger partial charge on any atom is -0.379 e. The largest absolute Gasteiger partial charge is 0.379 e. The van der Waals surface area contributed by atoms with E-state index in [1.54, 1.807) is 11.3 Å². The quantitative estimate of drug-likeness (QED) is 0.947. The monoisotopic (exact) mass is 303 g/mol. The number of morpholine rings is 1. The second-order valence-electron chi connectivity index (χ2n) is 5.53. The highest BCUT2D eigenvalue weighted by molar-refractivity contribution is 7.15. The van der Waals surface area contributed by atoms with E-state index in [9.17, 15) is 0 Å². The summed E-state index contributed by atoms with van der Waals surface area (Å²) >= 11 is 1.60. The minimum absolute atomic E-state index is 0.647. The molecule has 5 heteroatoms. The zero-order valence-corrected chi connectivity index (χ0v) is 13.4. The van der Waals surface area contributed by atoms with E-state index in [0.29, 0.717) is 5.13 Å². The van der Waals surface area contributed by atoms with Crippen molar-refractivity contribution in [2.45, 2.75) is 20.4 Å². The molecule has 1 aromatic carbocycles. The van der Waals surface area contributed by atoms with Gasteiger partial charge >= 0.3 is 0 Å². The summed E-state index contributed by atoms with van der Waals surface area (Å²) in [6.07, 6.45) is 0. The molecule has 2 N–H and O–H groups in total. The smallest absolute Gasteiger partial charge is 0.180 e. The van der Waals surface area contributed by atoms with E-state index in [-0.39, 0.29) is 0 Å². The number of nitrogen functional groups attached to an aromatic ring is 1. The summed E-state index contributed by atoms with van der Waals surface area (Å²) in [6, 6.07) is 6.49. The number of benzene rings is 1. The number of rotatable bonds is 3. The Balaban J connectivity index is 1.91. The molecule has 1 saturated heterocycles. The molecule has 0 aliphatic carbocycles. The first-order chi connectivity index (χ1) is 10.1. The second kappa shape index (κ2) is 6.13. The van der Waals surface area contributed by atoms with Crippen molar-refractivity contribution in [3.63, 3.8) is 0 Å². The Morgan fingerprint density at radius 1 is 1.29 bits per heavy atom. The van der Waals surface area contributed by atoms with Crippen LogP contribution in [0.5, 0.6) is 0 Å². The van der Waals surface area contributed by atoms with Gasteiger partial charge in [-0.2, -0.15) is 0 Å². The molecule has 2 aromatic rings. The Hall–Kier alpha value is -1.43. The van der Waals surface area contributed by atoms with Crippen LogP contribution in [0.25, 0.3) is 11.3 Å². The van der Waals surface area contributed by atoms with Gasteiger partial charge in [0.05, 0.1) is 18.9 Å². The van der Waals surface area contributed by atoms with Crippen LogP contribution in [0.2, 0.25) is 0 Å². The number of anilines is 1. The maximum atomic E-state index is 5.97. The molecule has 1 aliphatic rings. The number of thiazole rings is 1. The number of hydrogen-bond donors (Lipinski definition) is 1. The number of ether oxygens (including phenoxy) is 1. The van der Waals surface area contributed by atoms with Crippen molar-refractivity contribution in [2.75, 3.05) is 32.0 Å². The standard InChI is InChI=1S/C16H21N3OS/c1-11-3-4-13(12(2)9-11)15-14(21-16(17)18-15)10-19-5-7-20-8-6-19/h3-4,9H,5-8,10H2,1-2H3,(H2,17,18). The zero-order valence-electron chi connectivity index (χ0n) is 12.6. The summed E-state index contributed by atoms with van der Waals surface area (Å²) in [7, 11) is 0. The van der Waals surface area contributed by atoms with E-state index in [4.69, 9.17) is 10.5 Å². The molecule has 2 heterocycles. The van der Waals surface area contributed by atoms with Crippen LogP contribution < -0.4 is 5.73 Å². The minimum atomic E-state index is 0.647. The van der Waals surface area contributed by atoms with Crippen LogP contribution in [0.15, 0.2) is 18.2 Å². The Morgan fingerprint density at radius 2 is 2.05 bits per heavy atom. The molecule has 0 unspecified atom stereocenters. The van der Waals surface area contributed by atoms with Gasteiger partial charge in [0.1, 0.15) is 0 Å². The van der Waals surface area contributed by atoms with E-state index in [1.807, 2.05) is 0 Å². The summed E-state index contributed by atoms with van der Waals surface area (Å²) in [5.41, 5.74) is 10.7. The van der Waals surface area contributed by atoms with Crippen molar-refractivity contribution < 1.29 is 4.74 Å². The van der Waals surface area contributed by atoms with Crippen LogP contribution in [-0.2, 0) is 11.3 Å². The molecule has 0 atom stereocenters. The maximum absolute atomic E-state index is 5.97. The number of nitrogens with two attached hydrogens (primary N) is 1. The molecular weight excluding hydrogens is 282 g/mol. The van der Waals surface area contributed by atoms with Gasteiger partial charge in [0.15, 0.2) is 5.13 Å². The van der Waals surface area contributed by atoms with E-state index in [0.717, 1.165) is 38.5 Å².